The first-order chi connectivity index (χ1) is 10.9. The summed E-state index contributed by atoms with van der Waals surface area (Å²) < 4.78 is 26.3. The minimum absolute atomic E-state index is 0.205. The van der Waals surface area contributed by atoms with Crippen LogP contribution >= 0.6 is 0 Å². The van der Waals surface area contributed by atoms with Crippen molar-refractivity contribution in [3.8, 4) is 0 Å². The van der Waals surface area contributed by atoms with Crippen LogP contribution in [0.5, 0.6) is 0 Å². The number of benzene rings is 2. The van der Waals surface area contributed by atoms with Gasteiger partial charge >= 0.3 is 0 Å². The Balaban J connectivity index is 2.10. The SMILES string of the molecule is Cc1cccc(/C=C/C(=O)N(C)C(C)c2ccc(F)c(F)c2)c1. The fraction of sp³-hybridized carbons (Fsp3) is 0.211. The van der Waals surface area contributed by atoms with Crippen LogP contribution in [-0.2, 0) is 4.79 Å². The van der Waals surface area contributed by atoms with Gasteiger partial charge in [-0.05, 0) is 43.2 Å². The van der Waals surface area contributed by atoms with Crippen LogP contribution in [0.4, 0.5) is 8.78 Å². The Hall–Kier alpha value is -2.49. The van der Waals surface area contributed by atoms with Crippen LogP contribution in [0.15, 0.2) is 48.5 Å². The standard InChI is InChI=1S/C19H19F2NO/c1-13-5-4-6-15(11-13)7-10-19(23)22(3)14(2)16-8-9-17(20)18(21)12-16/h4-12,14H,1-3H3/b10-7+. The zero-order valence-corrected chi connectivity index (χ0v) is 13.4. The molecule has 0 N–H and O–H groups in total. The Labute approximate surface area is 135 Å². The number of carbonyl (C=O) groups is 1. The van der Waals surface area contributed by atoms with Crippen LogP contribution in [0, 0.1) is 18.6 Å². The molecule has 0 saturated carbocycles. The van der Waals surface area contributed by atoms with Crippen LogP contribution in [0.25, 0.3) is 6.08 Å². The molecule has 0 aliphatic heterocycles. The van der Waals surface area contributed by atoms with Crippen molar-refractivity contribution in [3.05, 3.63) is 76.9 Å². The average molecular weight is 315 g/mol. The van der Waals surface area contributed by atoms with Gasteiger partial charge in [0.2, 0.25) is 5.91 Å². The van der Waals surface area contributed by atoms with Gasteiger partial charge < -0.3 is 4.90 Å². The highest BCUT2D eigenvalue weighted by Crippen LogP contribution is 2.21. The molecule has 120 valence electrons. The number of amides is 1. The minimum Gasteiger partial charge on any atom is -0.335 e. The number of carbonyl (C=O) groups excluding carboxylic acids is 1. The molecule has 1 unspecified atom stereocenters. The van der Waals surface area contributed by atoms with Gasteiger partial charge in [0.1, 0.15) is 0 Å². The van der Waals surface area contributed by atoms with Gasteiger partial charge in [-0.25, -0.2) is 8.78 Å². The summed E-state index contributed by atoms with van der Waals surface area (Å²) in [5, 5.41) is 0. The summed E-state index contributed by atoms with van der Waals surface area (Å²) in [6.07, 6.45) is 3.22. The molecule has 0 radical (unpaired) electrons. The second-order valence-electron chi connectivity index (χ2n) is 5.55. The van der Waals surface area contributed by atoms with Crippen molar-refractivity contribution in [2.45, 2.75) is 19.9 Å². The quantitative estimate of drug-likeness (QED) is 0.760. The van der Waals surface area contributed by atoms with E-state index in [0.29, 0.717) is 5.56 Å². The molecule has 1 amide bonds. The van der Waals surface area contributed by atoms with Crippen molar-refractivity contribution < 1.29 is 13.6 Å². The Kier molecular flexibility index (Phi) is 5.27. The van der Waals surface area contributed by atoms with E-state index in [0.717, 1.165) is 23.3 Å². The Bertz CT molecular complexity index is 740. The fourth-order valence-electron chi connectivity index (χ4n) is 2.25. The summed E-state index contributed by atoms with van der Waals surface area (Å²) in [4.78, 5) is 13.7. The molecule has 2 aromatic carbocycles. The van der Waals surface area contributed by atoms with Crippen molar-refractivity contribution in [2.24, 2.45) is 0 Å². The van der Waals surface area contributed by atoms with Crippen molar-refractivity contribution in [1.29, 1.82) is 0 Å². The predicted octanol–water partition coefficient (Wildman–Crippen LogP) is 4.51. The van der Waals surface area contributed by atoms with E-state index >= 15 is 0 Å². The van der Waals surface area contributed by atoms with Crippen molar-refractivity contribution in [1.82, 2.24) is 4.90 Å². The minimum atomic E-state index is -0.912. The topological polar surface area (TPSA) is 20.3 Å². The highest BCUT2D eigenvalue weighted by Gasteiger charge is 2.16. The predicted molar refractivity (Wildman–Crippen MR) is 87.8 cm³/mol. The first-order valence-electron chi connectivity index (χ1n) is 7.35. The molecule has 2 nitrogen and oxygen atoms in total. The second-order valence-corrected chi connectivity index (χ2v) is 5.55. The maximum absolute atomic E-state index is 13.3. The van der Waals surface area contributed by atoms with E-state index < -0.39 is 11.6 Å². The van der Waals surface area contributed by atoms with Gasteiger partial charge in [0.25, 0.3) is 0 Å². The molecule has 0 saturated heterocycles. The molecule has 0 aliphatic rings. The number of hydrogen-bond donors (Lipinski definition) is 0. The number of halogens is 2. The van der Waals surface area contributed by atoms with Gasteiger partial charge in [0.05, 0.1) is 6.04 Å². The Morgan fingerprint density at radius 3 is 2.52 bits per heavy atom. The molecule has 0 bridgehead atoms. The Morgan fingerprint density at radius 2 is 1.87 bits per heavy atom. The first kappa shape index (κ1) is 16.9. The normalized spacial score (nSPS) is 12.4. The molecule has 0 heterocycles. The van der Waals surface area contributed by atoms with Gasteiger partial charge in [-0.1, -0.05) is 35.9 Å². The summed E-state index contributed by atoms with van der Waals surface area (Å²) in [6, 6.07) is 11.1. The van der Waals surface area contributed by atoms with E-state index in [9.17, 15) is 13.6 Å². The lowest BCUT2D eigenvalue weighted by Crippen LogP contribution is -2.28. The second kappa shape index (κ2) is 7.18. The summed E-state index contributed by atoms with van der Waals surface area (Å²) in [5.41, 5.74) is 2.60. The van der Waals surface area contributed by atoms with Crippen LogP contribution in [0.1, 0.15) is 29.7 Å². The molecule has 4 heteroatoms. The summed E-state index contributed by atoms with van der Waals surface area (Å²) >= 11 is 0. The fourth-order valence-corrected chi connectivity index (χ4v) is 2.25. The highest BCUT2D eigenvalue weighted by atomic mass is 19.2. The van der Waals surface area contributed by atoms with E-state index in [1.54, 1.807) is 20.0 Å². The zero-order valence-electron chi connectivity index (χ0n) is 13.4. The highest BCUT2D eigenvalue weighted by molar-refractivity contribution is 5.91. The third-order valence-electron chi connectivity index (χ3n) is 3.82. The number of rotatable bonds is 4. The smallest absolute Gasteiger partial charge is 0.246 e. The molecule has 1 atom stereocenters. The third-order valence-corrected chi connectivity index (χ3v) is 3.82. The molecule has 2 rings (SSSR count). The van der Waals surface area contributed by atoms with Gasteiger partial charge in [-0.15, -0.1) is 0 Å². The van der Waals surface area contributed by atoms with E-state index in [-0.39, 0.29) is 11.9 Å². The van der Waals surface area contributed by atoms with Gasteiger partial charge in [0.15, 0.2) is 11.6 Å². The molecular weight excluding hydrogens is 296 g/mol. The first-order valence-corrected chi connectivity index (χ1v) is 7.35. The Morgan fingerprint density at radius 1 is 1.13 bits per heavy atom. The monoisotopic (exact) mass is 315 g/mol. The van der Waals surface area contributed by atoms with Crippen LogP contribution in [0.3, 0.4) is 0 Å². The summed E-state index contributed by atoms with van der Waals surface area (Å²) in [6.45, 7) is 3.75. The third kappa shape index (κ3) is 4.25. The molecule has 0 spiro atoms. The van der Waals surface area contributed by atoms with Crippen molar-refractivity contribution in [2.75, 3.05) is 7.05 Å². The van der Waals surface area contributed by atoms with E-state index in [2.05, 4.69) is 0 Å². The zero-order chi connectivity index (χ0) is 17.0. The molecule has 2 aromatic rings. The lowest BCUT2D eigenvalue weighted by molar-refractivity contribution is -0.126. The van der Waals surface area contributed by atoms with E-state index in [1.165, 1.54) is 17.0 Å². The van der Waals surface area contributed by atoms with Crippen LogP contribution in [-0.4, -0.2) is 17.9 Å². The lowest BCUT2D eigenvalue weighted by atomic mass is 10.1. The molecule has 0 fully saturated rings. The maximum atomic E-state index is 13.3. The van der Waals surface area contributed by atoms with Crippen LogP contribution < -0.4 is 0 Å². The maximum Gasteiger partial charge on any atom is 0.246 e. The summed E-state index contributed by atoms with van der Waals surface area (Å²) in [5.74, 6) is -2.01. The number of aryl methyl sites for hydroxylation is 1. The molecule has 23 heavy (non-hydrogen) atoms. The largest absolute Gasteiger partial charge is 0.335 e. The average Bonchev–Trinajstić information content (AvgIpc) is 2.54. The van der Waals surface area contributed by atoms with Gasteiger partial charge in [0, 0.05) is 13.1 Å². The van der Waals surface area contributed by atoms with Crippen LogP contribution in [0.2, 0.25) is 0 Å². The summed E-state index contributed by atoms with van der Waals surface area (Å²) in [7, 11) is 1.63. The number of likely N-dealkylation sites (N-methyl/N-ethyl adjacent to an activating group) is 1. The van der Waals surface area contributed by atoms with Gasteiger partial charge in [-0.3, -0.25) is 4.79 Å². The van der Waals surface area contributed by atoms with E-state index in [1.807, 2.05) is 31.2 Å². The van der Waals surface area contributed by atoms with E-state index in [4.69, 9.17) is 0 Å². The van der Waals surface area contributed by atoms with Crippen molar-refractivity contribution in [3.63, 3.8) is 0 Å². The lowest BCUT2D eigenvalue weighted by Gasteiger charge is -2.24. The molecular formula is C19H19F2NO. The molecule has 0 aliphatic carbocycles. The van der Waals surface area contributed by atoms with Crippen molar-refractivity contribution >= 4 is 12.0 Å². The number of nitrogens with zero attached hydrogens (tertiary/aromatic N) is 1. The van der Waals surface area contributed by atoms with Gasteiger partial charge in [-0.2, -0.15) is 0 Å². The number of hydrogen-bond acceptors (Lipinski definition) is 1. The molecule has 0 aromatic heterocycles.